The highest BCUT2D eigenvalue weighted by atomic mass is 16.2. The van der Waals surface area contributed by atoms with Crippen LogP contribution in [0.4, 0.5) is 0 Å². The molecule has 1 fully saturated rings. The smallest absolute Gasteiger partial charge is 0.261 e. The Bertz CT molecular complexity index is 844. The van der Waals surface area contributed by atoms with E-state index >= 15 is 0 Å². The van der Waals surface area contributed by atoms with Crippen LogP contribution in [0.25, 0.3) is 0 Å². The highest BCUT2D eigenvalue weighted by Crippen LogP contribution is 2.23. The van der Waals surface area contributed by atoms with Crippen LogP contribution in [0.2, 0.25) is 0 Å². The molecule has 5 nitrogen and oxygen atoms in total. The average Bonchev–Trinajstić information content (AvgIpc) is 2.68. The number of carbonyl (C=O) groups excluding carboxylic acids is 1. The molecule has 0 bridgehead atoms. The molecule has 1 saturated heterocycles. The minimum absolute atomic E-state index is 0.120. The number of likely N-dealkylation sites (tertiary alicyclic amines) is 1. The molecule has 0 unspecified atom stereocenters. The molecule has 136 valence electrons. The van der Waals surface area contributed by atoms with E-state index in [9.17, 15) is 9.59 Å². The van der Waals surface area contributed by atoms with E-state index in [-0.39, 0.29) is 11.5 Å². The van der Waals surface area contributed by atoms with Gasteiger partial charge in [0.25, 0.3) is 11.5 Å². The van der Waals surface area contributed by atoms with Crippen molar-refractivity contribution < 1.29 is 4.79 Å². The van der Waals surface area contributed by atoms with Crippen LogP contribution < -0.4 is 5.56 Å². The van der Waals surface area contributed by atoms with Crippen LogP contribution in [-0.2, 0) is 19.3 Å². The first-order valence-electron chi connectivity index (χ1n) is 9.65. The second kappa shape index (κ2) is 7.44. The summed E-state index contributed by atoms with van der Waals surface area (Å²) in [5.41, 5.74) is 3.30. The molecule has 4 rings (SSSR count). The Kier molecular flexibility index (Phi) is 4.87. The quantitative estimate of drug-likeness (QED) is 0.925. The molecular formula is C21H25N3O2. The fraction of sp³-hybridized carbons (Fsp3) is 0.476. The van der Waals surface area contributed by atoms with Crippen LogP contribution in [0.5, 0.6) is 0 Å². The zero-order valence-corrected chi connectivity index (χ0v) is 15.0. The number of piperidine rings is 1. The number of carbonyl (C=O) groups is 1. The van der Waals surface area contributed by atoms with E-state index in [1.54, 1.807) is 0 Å². The number of amides is 1. The summed E-state index contributed by atoms with van der Waals surface area (Å²) in [4.78, 5) is 34.6. The fourth-order valence-electron chi connectivity index (χ4n) is 4.23. The van der Waals surface area contributed by atoms with E-state index in [0.717, 1.165) is 68.4 Å². The Hall–Kier alpha value is -2.43. The maximum Gasteiger partial charge on any atom is 0.261 e. The van der Waals surface area contributed by atoms with Gasteiger partial charge in [0.2, 0.25) is 0 Å². The Morgan fingerprint density at radius 1 is 1.23 bits per heavy atom. The molecule has 1 amide bonds. The molecular weight excluding hydrogens is 326 g/mol. The van der Waals surface area contributed by atoms with E-state index in [1.807, 2.05) is 35.4 Å². The van der Waals surface area contributed by atoms with Gasteiger partial charge in [-0.3, -0.25) is 14.6 Å². The molecule has 2 aromatic heterocycles. The van der Waals surface area contributed by atoms with Crippen molar-refractivity contribution >= 4 is 5.91 Å². The molecule has 0 radical (unpaired) electrons. The first-order valence-corrected chi connectivity index (χ1v) is 9.65. The molecule has 1 atom stereocenters. The Morgan fingerprint density at radius 3 is 2.96 bits per heavy atom. The van der Waals surface area contributed by atoms with Gasteiger partial charge in [0, 0.05) is 30.7 Å². The minimum atomic E-state index is -0.234. The summed E-state index contributed by atoms with van der Waals surface area (Å²) >= 11 is 0. The molecule has 0 saturated carbocycles. The Morgan fingerprint density at radius 2 is 2.12 bits per heavy atom. The number of hydrogen-bond acceptors (Lipinski definition) is 3. The van der Waals surface area contributed by atoms with Crippen molar-refractivity contribution in [2.24, 2.45) is 5.92 Å². The van der Waals surface area contributed by atoms with Gasteiger partial charge in [0.05, 0.1) is 0 Å². The first kappa shape index (κ1) is 17.0. The minimum Gasteiger partial charge on any atom is -0.338 e. The SMILES string of the molecule is O=C(c1cc2c([nH]c1=O)CCCC2)N1CCC[C@H](Cc2ccccn2)C1. The van der Waals surface area contributed by atoms with Crippen LogP contribution >= 0.6 is 0 Å². The molecule has 1 aliphatic heterocycles. The summed E-state index contributed by atoms with van der Waals surface area (Å²) in [6, 6.07) is 7.80. The predicted molar refractivity (Wildman–Crippen MR) is 100 cm³/mol. The number of rotatable bonds is 3. The van der Waals surface area contributed by atoms with Gasteiger partial charge >= 0.3 is 0 Å². The largest absolute Gasteiger partial charge is 0.338 e. The number of hydrogen-bond donors (Lipinski definition) is 1. The fourth-order valence-corrected chi connectivity index (χ4v) is 4.23. The van der Waals surface area contributed by atoms with Crippen LogP contribution in [0.15, 0.2) is 35.3 Å². The molecule has 5 heteroatoms. The van der Waals surface area contributed by atoms with Crippen molar-refractivity contribution in [3.63, 3.8) is 0 Å². The van der Waals surface area contributed by atoms with Gasteiger partial charge in [0.1, 0.15) is 5.56 Å². The molecule has 26 heavy (non-hydrogen) atoms. The normalized spacial score (nSPS) is 19.8. The van der Waals surface area contributed by atoms with Crippen molar-refractivity contribution in [3.8, 4) is 0 Å². The molecule has 3 heterocycles. The number of fused-ring (bicyclic) bond motifs is 1. The number of aromatic amines is 1. The molecule has 0 aromatic carbocycles. The Balaban J connectivity index is 1.50. The van der Waals surface area contributed by atoms with Crippen molar-refractivity contribution in [2.45, 2.75) is 44.9 Å². The maximum absolute atomic E-state index is 13.0. The average molecular weight is 351 g/mol. The first-order chi connectivity index (χ1) is 12.7. The summed E-state index contributed by atoms with van der Waals surface area (Å²) in [5, 5.41) is 0. The summed E-state index contributed by atoms with van der Waals surface area (Å²) in [6.07, 6.45) is 8.87. The second-order valence-electron chi connectivity index (χ2n) is 7.51. The van der Waals surface area contributed by atoms with E-state index < -0.39 is 0 Å². The number of nitrogens with zero attached hydrogens (tertiary/aromatic N) is 2. The van der Waals surface area contributed by atoms with E-state index in [1.165, 1.54) is 0 Å². The summed E-state index contributed by atoms with van der Waals surface area (Å²) in [5.74, 6) is 0.282. The summed E-state index contributed by atoms with van der Waals surface area (Å²) in [6.45, 7) is 1.43. The monoisotopic (exact) mass is 351 g/mol. The Labute approximate surface area is 153 Å². The van der Waals surface area contributed by atoms with Crippen molar-refractivity contribution in [1.82, 2.24) is 14.9 Å². The molecule has 0 spiro atoms. The molecule has 2 aromatic rings. The summed E-state index contributed by atoms with van der Waals surface area (Å²) in [7, 11) is 0. The third-order valence-electron chi connectivity index (χ3n) is 5.60. The van der Waals surface area contributed by atoms with Gasteiger partial charge in [0.15, 0.2) is 0 Å². The van der Waals surface area contributed by atoms with Crippen LogP contribution in [0.1, 0.15) is 53.0 Å². The number of aromatic nitrogens is 2. The van der Waals surface area contributed by atoms with Gasteiger partial charge in [-0.05, 0) is 74.6 Å². The summed E-state index contributed by atoms with van der Waals surface area (Å²) < 4.78 is 0. The predicted octanol–water partition coefficient (Wildman–Crippen LogP) is 2.74. The van der Waals surface area contributed by atoms with Crippen LogP contribution in [0, 0.1) is 5.92 Å². The van der Waals surface area contributed by atoms with E-state index in [4.69, 9.17) is 0 Å². The third kappa shape index (κ3) is 3.57. The number of aryl methyl sites for hydroxylation is 2. The van der Waals surface area contributed by atoms with Gasteiger partial charge in [-0.1, -0.05) is 6.07 Å². The second-order valence-corrected chi connectivity index (χ2v) is 7.51. The lowest BCUT2D eigenvalue weighted by Crippen LogP contribution is -2.42. The van der Waals surface area contributed by atoms with Gasteiger partial charge < -0.3 is 9.88 Å². The highest BCUT2D eigenvalue weighted by molar-refractivity contribution is 5.94. The van der Waals surface area contributed by atoms with Crippen molar-refractivity contribution in [2.75, 3.05) is 13.1 Å². The van der Waals surface area contributed by atoms with Crippen molar-refractivity contribution in [3.05, 3.63) is 63.3 Å². The maximum atomic E-state index is 13.0. The van der Waals surface area contributed by atoms with Gasteiger partial charge in [-0.25, -0.2) is 0 Å². The van der Waals surface area contributed by atoms with E-state index in [0.29, 0.717) is 18.0 Å². The number of nitrogens with one attached hydrogen (secondary N) is 1. The van der Waals surface area contributed by atoms with Crippen LogP contribution in [-0.4, -0.2) is 33.9 Å². The highest BCUT2D eigenvalue weighted by Gasteiger charge is 2.27. The van der Waals surface area contributed by atoms with Gasteiger partial charge in [-0.2, -0.15) is 0 Å². The van der Waals surface area contributed by atoms with Crippen molar-refractivity contribution in [1.29, 1.82) is 0 Å². The zero-order valence-electron chi connectivity index (χ0n) is 15.0. The van der Waals surface area contributed by atoms with Gasteiger partial charge in [-0.15, -0.1) is 0 Å². The van der Waals surface area contributed by atoms with Crippen LogP contribution in [0.3, 0.4) is 0 Å². The third-order valence-corrected chi connectivity index (χ3v) is 5.60. The number of pyridine rings is 2. The number of H-pyrrole nitrogens is 1. The lowest BCUT2D eigenvalue weighted by Gasteiger charge is -2.32. The molecule has 1 aliphatic carbocycles. The molecule has 1 N–H and O–H groups in total. The topological polar surface area (TPSA) is 66.1 Å². The standard InChI is InChI=1S/C21H25N3O2/c25-20-18(13-16-7-1-2-9-19(16)23-20)21(26)24-11-5-6-15(14-24)12-17-8-3-4-10-22-17/h3-4,8,10,13,15H,1-2,5-7,9,11-12,14H2,(H,23,25)/t15-/m1/s1. The molecule has 2 aliphatic rings. The zero-order chi connectivity index (χ0) is 17.9. The lowest BCUT2D eigenvalue weighted by atomic mass is 9.92. The lowest BCUT2D eigenvalue weighted by molar-refractivity contribution is 0.0670. The van der Waals surface area contributed by atoms with E-state index in [2.05, 4.69) is 9.97 Å².